The number of hydrogen-bond acceptors (Lipinski definition) is 5. The lowest BCUT2D eigenvalue weighted by atomic mass is 10.1. The molecule has 2 rings (SSSR count). The third-order valence-corrected chi connectivity index (χ3v) is 4.02. The van der Waals surface area contributed by atoms with Crippen molar-refractivity contribution in [2.24, 2.45) is 0 Å². The molecule has 11 heteroatoms. The first-order chi connectivity index (χ1) is 13.0. The van der Waals surface area contributed by atoms with E-state index in [1.807, 2.05) is 0 Å². The first kappa shape index (κ1) is 21.4. The molecule has 0 fully saturated rings. The molecule has 0 aromatic heterocycles. The first-order valence-electron chi connectivity index (χ1n) is 7.72. The standard InChI is InChI=1S/C17H13ClF4N2O4/c1-9(16(25)28-8-11-12(18)3-2-4-13(11)19)23-14-6-5-10(17(20,21)22)7-15(14)24(26)27/h2-7,9,23H,8H2,1H3/t9-/m0/s1. The lowest BCUT2D eigenvalue weighted by molar-refractivity contribution is -0.384. The highest BCUT2D eigenvalue weighted by Gasteiger charge is 2.33. The maximum Gasteiger partial charge on any atom is 0.416 e. The molecule has 0 amide bonds. The van der Waals surface area contributed by atoms with Gasteiger partial charge >= 0.3 is 12.1 Å². The van der Waals surface area contributed by atoms with Crippen molar-refractivity contribution in [2.75, 3.05) is 5.32 Å². The SMILES string of the molecule is C[C@H](Nc1ccc(C(F)(F)F)cc1[N+](=O)[O-])C(=O)OCc1c(F)cccc1Cl. The highest BCUT2D eigenvalue weighted by molar-refractivity contribution is 6.31. The van der Waals surface area contributed by atoms with Crippen molar-refractivity contribution in [3.63, 3.8) is 0 Å². The van der Waals surface area contributed by atoms with E-state index >= 15 is 0 Å². The summed E-state index contributed by atoms with van der Waals surface area (Å²) in [6.07, 6.45) is -4.76. The second kappa shape index (κ2) is 8.42. The number of nitro benzene ring substituents is 1. The number of anilines is 1. The summed E-state index contributed by atoms with van der Waals surface area (Å²) in [5.74, 6) is -1.59. The van der Waals surface area contributed by atoms with Gasteiger partial charge < -0.3 is 10.1 Å². The van der Waals surface area contributed by atoms with Crippen molar-refractivity contribution in [3.05, 3.63) is 68.5 Å². The molecule has 0 heterocycles. The molecule has 0 saturated heterocycles. The highest BCUT2D eigenvalue weighted by atomic mass is 35.5. The second-order valence-electron chi connectivity index (χ2n) is 5.66. The summed E-state index contributed by atoms with van der Waals surface area (Å²) in [4.78, 5) is 22.1. The van der Waals surface area contributed by atoms with Crippen LogP contribution in [0.5, 0.6) is 0 Å². The molecule has 2 aromatic carbocycles. The number of hydrogen-bond donors (Lipinski definition) is 1. The smallest absolute Gasteiger partial charge is 0.416 e. The van der Waals surface area contributed by atoms with Gasteiger partial charge in [0.25, 0.3) is 5.69 Å². The molecule has 1 atom stereocenters. The van der Waals surface area contributed by atoms with E-state index in [-0.39, 0.29) is 16.3 Å². The molecule has 2 aromatic rings. The van der Waals surface area contributed by atoms with Gasteiger partial charge in [0.05, 0.1) is 15.5 Å². The number of halogens is 5. The average Bonchev–Trinajstić information content (AvgIpc) is 2.60. The molecule has 1 N–H and O–H groups in total. The van der Waals surface area contributed by atoms with Crippen molar-refractivity contribution in [3.8, 4) is 0 Å². The van der Waals surface area contributed by atoms with Gasteiger partial charge in [0.15, 0.2) is 0 Å². The van der Waals surface area contributed by atoms with Crippen LogP contribution in [0, 0.1) is 15.9 Å². The van der Waals surface area contributed by atoms with E-state index in [2.05, 4.69) is 5.32 Å². The number of alkyl halides is 3. The third kappa shape index (κ3) is 5.10. The average molecular weight is 421 g/mol. The van der Waals surface area contributed by atoms with E-state index in [9.17, 15) is 32.5 Å². The fourth-order valence-electron chi connectivity index (χ4n) is 2.21. The number of nitrogens with zero attached hydrogens (tertiary/aromatic N) is 1. The number of nitro groups is 1. The number of carbonyl (C=O) groups excluding carboxylic acids is 1. The minimum atomic E-state index is -4.76. The molecule has 0 aliphatic carbocycles. The first-order valence-corrected chi connectivity index (χ1v) is 8.10. The summed E-state index contributed by atoms with van der Waals surface area (Å²) in [5.41, 5.74) is -2.41. The van der Waals surface area contributed by atoms with E-state index in [0.29, 0.717) is 12.1 Å². The van der Waals surface area contributed by atoms with Crippen molar-refractivity contribution < 1.29 is 32.0 Å². The number of carbonyl (C=O) groups is 1. The molecular weight excluding hydrogens is 408 g/mol. The minimum absolute atomic E-state index is 0.0480. The third-order valence-electron chi connectivity index (χ3n) is 3.67. The van der Waals surface area contributed by atoms with Crippen LogP contribution in [0.1, 0.15) is 18.1 Å². The van der Waals surface area contributed by atoms with Crippen LogP contribution in [0.3, 0.4) is 0 Å². The van der Waals surface area contributed by atoms with Gasteiger partial charge in [0, 0.05) is 11.6 Å². The maximum atomic E-state index is 13.7. The molecule has 0 aliphatic heterocycles. The molecule has 0 bridgehead atoms. The summed E-state index contributed by atoms with van der Waals surface area (Å²) < 4.78 is 56.8. The van der Waals surface area contributed by atoms with Crippen molar-refractivity contribution >= 4 is 28.9 Å². The van der Waals surface area contributed by atoms with Gasteiger partial charge in [-0.15, -0.1) is 0 Å². The second-order valence-corrected chi connectivity index (χ2v) is 6.07. The molecular formula is C17H13ClF4N2O4. The van der Waals surface area contributed by atoms with Crippen LogP contribution in [0.25, 0.3) is 0 Å². The van der Waals surface area contributed by atoms with E-state index in [1.54, 1.807) is 0 Å². The van der Waals surface area contributed by atoms with Gasteiger partial charge in [-0.3, -0.25) is 10.1 Å². The molecule has 0 unspecified atom stereocenters. The Morgan fingerprint density at radius 1 is 1.32 bits per heavy atom. The van der Waals surface area contributed by atoms with Crippen molar-refractivity contribution in [1.82, 2.24) is 0 Å². The van der Waals surface area contributed by atoms with Crippen molar-refractivity contribution in [1.29, 1.82) is 0 Å². The number of benzene rings is 2. The Kier molecular flexibility index (Phi) is 6.45. The summed E-state index contributed by atoms with van der Waals surface area (Å²) >= 11 is 5.82. The Morgan fingerprint density at radius 3 is 2.57 bits per heavy atom. The normalized spacial score (nSPS) is 12.4. The van der Waals surface area contributed by atoms with Gasteiger partial charge in [-0.2, -0.15) is 13.2 Å². The lowest BCUT2D eigenvalue weighted by Crippen LogP contribution is -2.28. The van der Waals surface area contributed by atoms with Gasteiger partial charge in [-0.05, 0) is 31.2 Å². The predicted molar refractivity (Wildman–Crippen MR) is 92.4 cm³/mol. The number of rotatable bonds is 6. The van der Waals surface area contributed by atoms with E-state index in [4.69, 9.17) is 16.3 Å². The number of esters is 1. The van der Waals surface area contributed by atoms with Crippen LogP contribution in [-0.4, -0.2) is 16.9 Å². The monoisotopic (exact) mass is 420 g/mol. The fourth-order valence-corrected chi connectivity index (χ4v) is 2.43. The molecule has 0 saturated carbocycles. The van der Waals surface area contributed by atoms with Gasteiger partial charge in [-0.1, -0.05) is 17.7 Å². The Morgan fingerprint density at radius 2 is 2.00 bits per heavy atom. The van der Waals surface area contributed by atoms with Crippen LogP contribution < -0.4 is 5.32 Å². The lowest BCUT2D eigenvalue weighted by Gasteiger charge is -2.16. The van der Waals surface area contributed by atoms with Crippen LogP contribution >= 0.6 is 11.6 Å². The van der Waals surface area contributed by atoms with E-state index in [0.717, 1.165) is 12.1 Å². The van der Waals surface area contributed by atoms with Gasteiger partial charge in [0.2, 0.25) is 0 Å². The Labute approximate surface area is 161 Å². The zero-order valence-corrected chi connectivity index (χ0v) is 15.0. The molecule has 6 nitrogen and oxygen atoms in total. The zero-order valence-electron chi connectivity index (χ0n) is 14.2. The van der Waals surface area contributed by atoms with Crippen LogP contribution in [0.4, 0.5) is 28.9 Å². The van der Waals surface area contributed by atoms with Crippen LogP contribution in [-0.2, 0) is 22.3 Å². The summed E-state index contributed by atoms with van der Waals surface area (Å²) in [6, 6.07) is 4.59. The molecule has 0 radical (unpaired) electrons. The Bertz CT molecular complexity index is 885. The largest absolute Gasteiger partial charge is 0.459 e. The van der Waals surface area contributed by atoms with Gasteiger partial charge in [0.1, 0.15) is 24.2 Å². The van der Waals surface area contributed by atoms with Crippen LogP contribution in [0.2, 0.25) is 5.02 Å². The summed E-state index contributed by atoms with van der Waals surface area (Å²) in [7, 11) is 0. The highest BCUT2D eigenvalue weighted by Crippen LogP contribution is 2.35. The van der Waals surface area contributed by atoms with Crippen molar-refractivity contribution in [2.45, 2.75) is 25.7 Å². The molecule has 0 aliphatic rings. The topological polar surface area (TPSA) is 81.5 Å². The molecule has 150 valence electrons. The summed E-state index contributed by atoms with van der Waals surface area (Å²) in [5, 5.41) is 13.5. The minimum Gasteiger partial charge on any atom is -0.459 e. The Hall–Kier alpha value is -2.88. The summed E-state index contributed by atoms with van der Waals surface area (Å²) in [6.45, 7) is 0.804. The van der Waals surface area contributed by atoms with E-state index in [1.165, 1.54) is 19.1 Å². The maximum absolute atomic E-state index is 13.7. The predicted octanol–water partition coefficient (Wildman–Crippen LogP) is 4.95. The molecule has 28 heavy (non-hydrogen) atoms. The van der Waals surface area contributed by atoms with Gasteiger partial charge in [-0.25, -0.2) is 9.18 Å². The van der Waals surface area contributed by atoms with Crippen LogP contribution in [0.15, 0.2) is 36.4 Å². The number of nitrogens with one attached hydrogen (secondary N) is 1. The zero-order chi connectivity index (χ0) is 21.1. The quantitative estimate of drug-likeness (QED) is 0.309. The molecule has 0 spiro atoms. The fraction of sp³-hybridized carbons (Fsp3) is 0.235. The Balaban J connectivity index is 2.12. The number of ether oxygens (including phenoxy) is 1. The van der Waals surface area contributed by atoms with E-state index < -0.39 is 46.8 Å².